The average Bonchev–Trinajstić information content (AvgIpc) is 2.35. The van der Waals surface area contributed by atoms with E-state index in [4.69, 9.17) is 0 Å². The largest absolute Gasteiger partial charge is 0.435 e. The van der Waals surface area contributed by atoms with E-state index in [0.717, 1.165) is 0 Å². The van der Waals surface area contributed by atoms with Crippen molar-refractivity contribution in [3.8, 4) is 0 Å². The summed E-state index contributed by atoms with van der Waals surface area (Å²) >= 11 is 0. The molecule has 0 N–H and O–H groups in total. The lowest BCUT2D eigenvalue weighted by atomic mass is 11.0. The maximum atomic E-state index is 11.2. The zero-order valence-corrected chi connectivity index (χ0v) is 9.39. The van der Waals surface area contributed by atoms with E-state index in [2.05, 4.69) is 4.74 Å². The molecule has 0 bridgehead atoms. The average molecular weight is 320 g/mol. The Balaban J connectivity index is -0.0000000499. The van der Waals surface area contributed by atoms with Crippen LogP contribution in [0.1, 0.15) is 0 Å². The first-order valence-corrected chi connectivity index (χ1v) is 3.56. The van der Waals surface area contributed by atoms with Crippen LogP contribution in [-0.2, 0) is 4.74 Å². The highest BCUT2D eigenvalue weighted by atomic mass is 19.3. The number of halogens is 11. The van der Waals surface area contributed by atoms with Crippen LogP contribution in [0.15, 0.2) is 12.1 Å². The zero-order valence-electron chi connectivity index (χ0n) is 9.39. The van der Waals surface area contributed by atoms with Crippen molar-refractivity contribution < 1.29 is 53.0 Å². The Bertz CT molecular complexity index is 134. The molecule has 1 nitrogen and oxygen atoms in total. The first-order valence-electron chi connectivity index (χ1n) is 3.56. The lowest BCUT2D eigenvalue weighted by molar-refractivity contribution is 0.0563. The van der Waals surface area contributed by atoms with Gasteiger partial charge in [-0.05, 0) is 0 Å². The lowest BCUT2D eigenvalue weighted by Gasteiger charge is -1.90. The van der Waals surface area contributed by atoms with E-state index in [0.29, 0.717) is 7.18 Å². The van der Waals surface area contributed by atoms with Gasteiger partial charge in [0, 0.05) is 0 Å². The third-order valence-electron chi connectivity index (χ3n) is 0.330. The van der Waals surface area contributed by atoms with Gasteiger partial charge in [-0.25, -0.2) is 30.7 Å². The van der Waals surface area contributed by atoms with Gasteiger partial charge in [-0.15, -0.1) is 0 Å². The Morgan fingerprint density at radius 2 is 0.895 bits per heavy atom. The van der Waals surface area contributed by atoms with Gasteiger partial charge in [0.05, 0.1) is 7.18 Å². The fourth-order valence-electron chi connectivity index (χ4n) is 0.102. The number of hydrogen-bond donors (Lipinski definition) is 0. The summed E-state index contributed by atoms with van der Waals surface area (Å²) in [6.45, 7) is -6.83. The van der Waals surface area contributed by atoms with Gasteiger partial charge in [0.15, 0.2) is 0 Å². The standard InChI is InChI=1S/C3H2F4O.3CH2F2.CH3F/c4-1-8-3(7)2(5)6;3*2-1-3;1-2/h1H2;3*1H2;1H3. The minimum atomic E-state index is -2.65. The molecule has 0 amide bonds. The second-order valence-electron chi connectivity index (χ2n) is 1.09. The normalized spacial score (nSPS) is 6.74. The van der Waals surface area contributed by atoms with E-state index in [1.54, 1.807) is 0 Å². The van der Waals surface area contributed by atoms with Crippen molar-refractivity contribution >= 4 is 0 Å². The molecule has 0 rings (SSSR count). The summed E-state index contributed by atoms with van der Waals surface area (Å²) in [5.41, 5.74) is 0. The van der Waals surface area contributed by atoms with Gasteiger partial charge in [0.25, 0.3) is 0 Å². The van der Waals surface area contributed by atoms with Crippen LogP contribution >= 0.6 is 0 Å². The van der Waals surface area contributed by atoms with E-state index in [1.807, 2.05) is 0 Å². The van der Waals surface area contributed by atoms with Gasteiger partial charge >= 0.3 is 12.1 Å². The van der Waals surface area contributed by atoms with Crippen molar-refractivity contribution in [1.29, 1.82) is 0 Å². The van der Waals surface area contributed by atoms with Crippen LogP contribution in [0.2, 0.25) is 0 Å². The van der Waals surface area contributed by atoms with E-state index in [9.17, 15) is 48.3 Å². The minimum Gasteiger partial charge on any atom is -0.435 e. The third-order valence-corrected chi connectivity index (χ3v) is 0.330. The Morgan fingerprint density at radius 3 is 0.947 bits per heavy atom. The molecule has 0 fully saturated rings. The Kier molecular flexibility index (Phi) is 70.5. The number of alkyl halides is 8. The second kappa shape index (κ2) is 43.7. The van der Waals surface area contributed by atoms with E-state index in [-0.39, 0.29) is 0 Å². The smallest absolute Gasteiger partial charge is 0.342 e. The highest BCUT2D eigenvalue weighted by Gasteiger charge is 2.03. The molecule has 0 unspecified atom stereocenters. The lowest BCUT2D eigenvalue weighted by Crippen LogP contribution is -1.83. The van der Waals surface area contributed by atoms with Crippen LogP contribution in [0, 0.1) is 0 Å². The van der Waals surface area contributed by atoms with Crippen molar-refractivity contribution in [1.82, 2.24) is 0 Å². The van der Waals surface area contributed by atoms with Crippen LogP contribution in [-0.4, -0.2) is 34.8 Å². The number of ether oxygens (including phenoxy) is 1. The van der Waals surface area contributed by atoms with E-state index >= 15 is 0 Å². The van der Waals surface area contributed by atoms with Crippen molar-refractivity contribution in [3.05, 3.63) is 12.1 Å². The van der Waals surface area contributed by atoms with Crippen molar-refractivity contribution in [2.75, 3.05) is 34.8 Å². The van der Waals surface area contributed by atoms with E-state index in [1.165, 1.54) is 0 Å². The molecule has 0 aromatic rings. The summed E-state index contributed by atoms with van der Waals surface area (Å²) < 4.78 is 114. The summed E-state index contributed by atoms with van der Waals surface area (Å²) in [5, 5.41) is 0. The minimum absolute atomic E-state index is 0.500. The molecule has 0 aromatic carbocycles. The quantitative estimate of drug-likeness (QED) is 0.502. The molecule has 0 saturated heterocycles. The van der Waals surface area contributed by atoms with Gasteiger partial charge < -0.3 is 4.74 Å². The molecule has 0 spiro atoms. The first-order chi connectivity index (χ1) is 8.92. The Labute approximate surface area is 101 Å². The summed E-state index contributed by atoms with van der Waals surface area (Å²) in [6, 6.07) is -2.16. The Morgan fingerprint density at radius 1 is 0.684 bits per heavy atom. The molecule has 0 heterocycles. The maximum absolute atomic E-state index is 11.2. The van der Waals surface area contributed by atoms with Gasteiger partial charge in [-0.1, -0.05) is 0 Å². The molecule has 0 aliphatic carbocycles. The molecule has 12 heteroatoms. The second-order valence-corrected chi connectivity index (χ2v) is 1.09. The summed E-state index contributed by atoms with van der Waals surface area (Å²) in [5.74, 6) is 0. The van der Waals surface area contributed by atoms with Crippen molar-refractivity contribution in [2.24, 2.45) is 0 Å². The summed E-state index contributed by atoms with van der Waals surface area (Å²) in [7, 11) is 0.500. The van der Waals surface area contributed by atoms with Crippen molar-refractivity contribution in [2.45, 2.75) is 0 Å². The first kappa shape index (κ1) is 30.6. The summed E-state index contributed by atoms with van der Waals surface area (Å²) in [4.78, 5) is 0. The summed E-state index contributed by atoms with van der Waals surface area (Å²) in [6.07, 6.45) is -2.65. The number of rotatable bonds is 2. The highest BCUT2D eigenvalue weighted by Crippen LogP contribution is 2.09. The van der Waals surface area contributed by atoms with Crippen LogP contribution < -0.4 is 0 Å². The molecular formula is C7H11F11O. The topological polar surface area (TPSA) is 9.23 Å². The maximum Gasteiger partial charge on any atom is 0.342 e. The van der Waals surface area contributed by atoms with E-state index < -0.39 is 39.7 Å². The van der Waals surface area contributed by atoms with Crippen LogP contribution in [0.25, 0.3) is 0 Å². The predicted molar refractivity (Wildman–Crippen MR) is 45.7 cm³/mol. The number of hydrogen-bond acceptors (Lipinski definition) is 1. The van der Waals surface area contributed by atoms with Gasteiger partial charge in [0.1, 0.15) is 0 Å². The molecular weight excluding hydrogens is 309 g/mol. The molecule has 122 valence electrons. The van der Waals surface area contributed by atoms with Gasteiger partial charge in [0.2, 0.25) is 27.6 Å². The predicted octanol–water partition coefficient (Wildman–Crippen LogP) is 5.20. The molecule has 0 aliphatic rings. The fraction of sp³-hybridized carbons (Fsp3) is 0.714. The third kappa shape index (κ3) is 110. The van der Waals surface area contributed by atoms with Crippen LogP contribution in [0.5, 0.6) is 0 Å². The zero-order chi connectivity index (χ0) is 16.7. The monoisotopic (exact) mass is 320 g/mol. The van der Waals surface area contributed by atoms with Crippen molar-refractivity contribution in [3.63, 3.8) is 0 Å². The molecule has 0 aromatic heterocycles. The fourth-order valence-corrected chi connectivity index (χ4v) is 0.102. The molecule has 0 radical (unpaired) electrons. The molecule has 19 heavy (non-hydrogen) atoms. The molecule has 0 aliphatic heterocycles. The van der Waals surface area contributed by atoms with Gasteiger partial charge in [-0.3, -0.25) is 4.39 Å². The highest BCUT2D eigenvalue weighted by molar-refractivity contribution is 4.79. The molecule has 0 atom stereocenters. The SMILES string of the molecule is CF.FCF.FCF.FCF.FCOC(F)=C(F)F. The van der Waals surface area contributed by atoms with Gasteiger partial charge in [-0.2, -0.15) is 13.2 Å². The Hall–Kier alpha value is -1.23. The van der Waals surface area contributed by atoms with Crippen LogP contribution in [0.3, 0.4) is 0 Å². The molecule has 0 saturated carbocycles. The van der Waals surface area contributed by atoms with Crippen LogP contribution in [0.4, 0.5) is 48.3 Å².